The molecule has 0 aliphatic rings. The monoisotopic (exact) mass is 241 g/mol. The lowest BCUT2D eigenvalue weighted by Gasteiger charge is -2.12. The summed E-state index contributed by atoms with van der Waals surface area (Å²) in [7, 11) is 0. The molecule has 0 saturated carbocycles. The minimum absolute atomic E-state index is 0.281. The van der Waals surface area contributed by atoms with E-state index in [0.717, 1.165) is 0 Å². The highest BCUT2D eigenvalue weighted by Crippen LogP contribution is 2.14. The Morgan fingerprint density at radius 1 is 1.44 bits per heavy atom. The Morgan fingerprint density at radius 2 is 2.06 bits per heavy atom. The predicted molar refractivity (Wildman–Crippen MR) is 60.6 cm³/mol. The molecule has 0 fully saturated rings. The van der Waals surface area contributed by atoms with Crippen molar-refractivity contribution in [2.45, 2.75) is 19.4 Å². The van der Waals surface area contributed by atoms with E-state index in [4.69, 9.17) is 16.7 Å². The number of carboxylic acid groups (broad SMARTS) is 1. The molecule has 0 heterocycles. The summed E-state index contributed by atoms with van der Waals surface area (Å²) in [6.45, 7) is 1.69. The van der Waals surface area contributed by atoms with E-state index in [-0.39, 0.29) is 5.56 Å². The van der Waals surface area contributed by atoms with Gasteiger partial charge in [0.1, 0.15) is 6.04 Å². The second-order valence-corrected chi connectivity index (χ2v) is 3.66. The van der Waals surface area contributed by atoms with Crippen molar-refractivity contribution in [2.24, 2.45) is 0 Å². The van der Waals surface area contributed by atoms with E-state index < -0.39 is 17.9 Å². The lowest BCUT2D eigenvalue weighted by atomic mass is 10.1. The van der Waals surface area contributed by atoms with Crippen molar-refractivity contribution in [1.82, 2.24) is 5.32 Å². The van der Waals surface area contributed by atoms with Crippen LogP contribution in [0.3, 0.4) is 0 Å². The van der Waals surface area contributed by atoms with Crippen molar-refractivity contribution < 1.29 is 14.7 Å². The van der Waals surface area contributed by atoms with Gasteiger partial charge in [0, 0.05) is 0 Å². The number of nitrogens with one attached hydrogen (secondary N) is 1. The van der Waals surface area contributed by atoms with E-state index in [2.05, 4.69) is 5.32 Å². The number of carbonyl (C=O) groups excluding carboxylic acids is 1. The molecule has 0 unspecified atom stereocenters. The average molecular weight is 242 g/mol. The Morgan fingerprint density at radius 3 is 2.56 bits per heavy atom. The van der Waals surface area contributed by atoms with E-state index in [1.807, 2.05) is 0 Å². The number of benzene rings is 1. The average Bonchev–Trinajstić information content (AvgIpc) is 2.25. The molecule has 1 amide bonds. The van der Waals surface area contributed by atoms with E-state index in [0.29, 0.717) is 11.4 Å². The van der Waals surface area contributed by atoms with Gasteiger partial charge in [0.15, 0.2) is 0 Å². The molecular weight excluding hydrogens is 230 g/mol. The fourth-order valence-electron chi connectivity index (χ4n) is 1.22. The molecule has 86 valence electrons. The molecule has 0 bridgehead atoms. The number of carboxylic acids is 1. The van der Waals surface area contributed by atoms with Gasteiger partial charge >= 0.3 is 5.97 Å². The van der Waals surface area contributed by atoms with Crippen molar-refractivity contribution in [3.05, 3.63) is 34.9 Å². The number of amides is 1. The van der Waals surface area contributed by atoms with Crippen LogP contribution >= 0.6 is 11.6 Å². The maximum atomic E-state index is 11.7. The lowest BCUT2D eigenvalue weighted by molar-refractivity contribution is -0.139. The molecule has 0 aliphatic heterocycles. The zero-order valence-electron chi connectivity index (χ0n) is 8.74. The maximum absolute atomic E-state index is 11.7. The van der Waals surface area contributed by atoms with Crippen LogP contribution in [0.4, 0.5) is 0 Å². The number of hydrogen-bond acceptors (Lipinski definition) is 2. The topological polar surface area (TPSA) is 66.4 Å². The normalized spacial score (nSPS) is 11.9. The quantitative estimate of drug-likeness (QED) is 0.847. The van der Waals surface area contributed by atoms with Gasteiger partial charge in [0.25, 0.3) is 5.91 Å². The highest BCUT2D eigenvalue weighted by molar-refractivity contribution is 6.33. The van der Waals surface area contributed by atoms with Gasteiger partial charge in [-0.1, -0.05) is 30.7 Å². The van der Waals surface area contributed by atoms with Crippen molar-refractivity contribution in [3.8, 4) is 0 Å². The maximum Gasteiger partial charge on any atom is 0.326 e. The van der Waals surface area contributed by atoms with Crippen molar-refractivity contribution >= 4 is 23.5 Å². The van der Waals surface area contributed by atoms with Crippen LogP contribution < -0.4 is 5.32 Å². The zero-order chi connectivity index (χ0) is 12.1. The molecule has 1 rings (SSSR count). The van der Waals surface area contributed by atoms with Crippen molar-refractivity contribution in [2.75, 3.05) is 0 Å². The van der Waals surface area contributed by atoms with Gasteiger partial charge in [-0.3, -0.25) is 4.79 Å². The molecule has 2 N–H and O–H groups in total. The fraction of sp³-hybridized carbons (Fsp3) is 0.273. The molecule has 1 atom stereocenters. The van der Waals surface area contributed by atoms with Crippen LogP contribution in [-0.2, 0) is 4.79 Å². The Hall–Kier alpha value is -1.55. The number of aliphatic carboxylic acids is 1. The smallest absolute Gasteiger partial charge is 0.326 e. The SMILES string of the molecule is CC[C@H](NC(=O)c1ccccc1Cl)C(=O)O. The molecule has 0 aliphatic carbocycles. The summed E-state index contributed by atoms with van der Waals surface area (Å²) in [6, 6.07) is 5.62. The first-order chi connectivity index (χ1) is 7.56. The zero-order valence-corrected chi connectivity index (χ0v) is 9.49. The first kappa shape index (κ1) is 12.5. The summed E-state index contributed by atoms with van der Waals surface area (Å²) in [5, 5.41) is 11.5. The molecule has 16 heavy (non-hydrogen) atoms. The van der Waals surface area contributed by atoms with E-state index >= 15 is 0 Å². The molecule has 1 aromatic carbocycles. The third kappa shape index (κ3) is 2.97. The molecular formula is C11H12ClNO3. The molecule has 0 saturated heterocycles. The van der Waals surface area contributed by atoms with Crippen LogP contribution in [0.25, 0.3) is 0 Å². The summed E-state index contributed by atoms with van der Waals surface area (Å²) in [4.78, 5) is 22.4. The predicted octanol–water partition coefficient (Wildman–Crippen LogP) is 1.93. The molecule has 0 aromatic heterocycles. The van der Waals surface area contributed by atoms with Gasteiger partial charge in [0.2, 0.25) is 0 Å². The number of rotatable bonds is 4. The van der Waals surface area contributed by atoms with E-state index in [1.165, 1.54) is 0 Å². The number of halogens is 1. The Labute approximate surface area is 98.2 Å². The minimum Gasteiger partial charge on any atom is -0.480 e. The number of hydrogen-bond donors (Lipinski definition) is 2. The Bertz CT molecular complexity index is 406. The summed E-state index contributed by atoms with van der Waals surface area (Å²) < 4.78 is 0. The summed E-state index contributed by atoms with van der Waals surface area (Å²) >= 11 is 5.82. The minimum atomic E-state index is -1.05. The van der Waals surface area contributed by atoms with Crippen LogP contribution in [-0.4, -0.2) is 23.0 Å². The van der Waals surface area contributed by atoms with Gasteiger partial charge in [-0.05, 0) is 18.6 Å². The van der Waals surface area contributed by atoms with Gasteiger partial charge in [-0.2, -0.15) is 0 Å². The van der Waals surface area contributed by atoms with Gasteiger partial charge in [0.05, 0.1) is 10.6 Å². The second-order valence-electron chi connectivity index (χ2n) is 3.25. The fourth-order valence-corrected chi connectivity index (χ4v) is 1.44. The van der Waals surface area contributed by atoms with Gasteiger partial charge in [-0.25, -0.2) is 4.79 Å². The lowest BCUT2D eigenvalue weighted by Crippen LogP contribution is -2.40. The third-order valence-corrected chi connectivity index (χ3v) is 2.46. The third-order valence-electron chi connectivity index (χ3n) is 2.13. The molecule has 4 nitrogen and oxygen atoms in total. The van der Waals surface area contributed by atoms with E-state index in [9.17, 15) is 9.59 Å². The first-order valence-corrected chi connectivity index (χ1v) is 5.22. The highest BCUT2D eigenvalue weighted by atomic mass is 35.5. The van der Waals surface area contributed by atoms with Gasteiger partial charge in [-0.15, -0.1) is 0 Å². The molecule has 1 aromatic rings. The van der Waals surface area contributed by atoms with Crippen molar-refractivity contribution in [1.29, 1.82) is 0 Å². The highest BCUT2D eigenvalue weighted by Gasteiger charge is 2.19. The summed E-state index contributed by atoms with van der Waals surface area (Å²) in [5.74, 6) is -1.53. The Balaban J connectivity index is 2.80. The molecule has 0 radical (unpaired) electrons. The summed E-state index contributed by atoms with van der Waals surface area (Å²) in [5.41, 5.74) is 0.281. The van der Waals surface area contributed by atoms with Crippen LogP contribution in [0.5, 0.6) is 0 Å². The van der Waals surface area contributed by atoms with Crippen LogP contribution in [0, 0.1) is 0 Å². The largest absolute Gasteiger partial charge is 0.480 e. The van der Waals surface area contributed by atoms with Crippen LogP contribution in [0.2, 0.25) is 5.02 Å². The molecule has 0 spiro atoms. The first-order valence-electron chi connectivity index (χ1n) is 4.84. The van der Waals surface area contributed by atoms with Crippen LogP contribution in [0.15, 0.2) is 24.3 Å². The van der Waals surface area contributed by atoms with E-state index in [1.54, 1.807) is 31.2 Å². The number of carbonyl (C=O) groups is 2. The standard InChI is InChI=1S/C11H12ClNO3/c1-2-9(11(15)16)13-10(14)7-5-3-4-6-8(7)12/h3-6,9H,2H2,1H3,(H,13,14)(H,15,16)/t9-/m0/s1. The van der Waals surface area contributed by atoms with Crippen molar-refractivity contribution in [3.63, 3.8) is 0 Å². The Kier molecular flexibility index (Phi) is 4.31. The summed E-state index contributed by atoms with van der Waals surface area (Å²) in [6.07, 6.45) is 0.325. The second kappa shape index (κ2) is 5.51. The van der Waals surface area contributed by atoms with Crippen LogP contribution in [0.1, 0.15) is 23.7 Å². The molecule has 5 heteroatoms. The van der Waals surface area contributed by atoms with Gasteiger partial charge < -0.3 is 10.4 Å².